The van der Waals surface area contributed by atoms with Crippen LogP contribution in [-0.2, 0) is 6.54 Å². The number of carbonyl (C=O) groups is 1. The first kappa shape index (κ1) is 13.5. The minimum Gasteiger partial charge on any atom is -0.348 e. The van der Waals surface area contributed by atoms with E-state index in [4.69, 9.17) is 0 Å². The molecule has 3 nitrogen and oxygen atoms in total. The molecule has 0 aliphatic heterocycles. The van der Waals surface area contributed by atoms with Gasteiger partial charge in [0.25, 0.3) is 5.91 Å². The van der Waals surface area contributed by atoms with E-state index in [1.54, 1.807) is 0 Å². The first-order chi connectivity index (χ1) is 7.99. The third kappa shape index (κ3) is 4.83. The summed E-state index contributed by atoms with van der Waals surface area (Å²) >= 11 is 0. The maximum atomic E-state index is 11.7. The number of hydrogen-bond donors (Lipinski definition) is 1. The normalized spacial score (nSPS) is 10.4. The molecule has 1 rings (SSSR count). The van der Waals surface area contributed by atoms with Crippen molar-refractivity contribution in [1.29, 1.82) is 0 Å². The van der Waals surface area contributed by atoms with Gasteiger partial charge in [0.2, 0.25) is 0 Å². The van der Waals surface area contributed by atoms with Crippen LogP contribution in [0, 0.1) is 0 Å². The number of amides is 1. The van der Waals surface area contributed by atoms with Gasteiger partial charge in [-0.25, -0.2) is 0 Å². The molecule has 1 N–H and O–H groups in total. The van der Waals surface area contributed by atoms with Crippen LogP contribution in [0.4, 0.5) is 0 Å². The topological polar surface area (TPSA) is 32.3 Å². The lowest BCUT2D eigenvalue weighted by atomic mass is 10.1. The van der Waals surface area contributed by atoms with Crippen molar-refractivity contribution >= 4 is 5.91 Å². The Morgan fingerprint density at radius 1 is 1.29 bits per heavy atom. The predicted molar refractivity (Wildman–Crippen MR) is 71.0 cm³/mol. The zero-order valence-electron chi connectivity index (χ0n) is 10.8. The fourth-order valence-corrected chi connectivity index (χ4v) is 1.46. The summed E-state index contributed by atoms with van der Waals surface area (Å²) in [5.74, 6) is -0.0515. The summed E-state index contributed by atoms with van der Waals surface area (Å²) in [5, 5.41) is 2.81. The van der Waals surface area contributed by atoms with Gasteiger partial charge in [0.05, 0.1) is 0 Å². The molecule has 0 aliphatic rings. The van der Waals surface area contributed by atoms with Crippen molar-refractivity contribution in [1.82, 2.24) is 10.2 Å². The lowest BCUT2D eigenvalue weighted by Crippen LogP contribution is -2.24. The van der Waals surface area contributed by atoms with Gasteiger partial charge in [-0.2, -0.15) is 0 Å². The van der Waals surface area contributed by atoms with Crippen molar-refractivity contribution in [2.75, 3.05) is 20.6 Å². The van der Waals surface area contributed by atoms with E-state index < -0.39 is 0 Å². The second-order valence-electron chi connectivity index (χ2n) is 4.57. The molecule has 0 heterocycles. The smallest absolute Gasteiger partial charge is 0.251 e. The first-order valence-corrected chi connectivity index (χ1v) is 5.65. The highest BCUT2D eigenvalue weighted by atomic mass is 16.1. The Labute approximate surface area is 103 Å². The molecule has 0 radical (unpaired) electrons. The standard InChI is InChI=1S/C14H20N2O/c1-11(2)9-15-14(17)13-7-5-12(6-8-13)10-16(3)4/h5-8H,1,9-10H2,2-4H3,(H,15,17). The highest BCUT2D eigenvalue weighted by Crippen LogP contribution is 2.06. The lowest BCUT2D eigenvalue weighted by Gasteiger charge is -2.10. The maximum absolute atomic E-state index is 11.7. The van der Waals surface area contributed by atoms with Gasteiger partial charge in [-0.3, -0.25) is 4.79 Å². The molecule has 0 spiro atoms. The largest absolute Gasteiger partial charge is 0.348 e. The minimum atomic E-state index is -0.0515. The fraction of sp³-hybridized carbons (Fsp3) is 0.357. The average molecular weight is 232 g/mol. The Balaban J connectivity index is 2.60. The Morgan fingerprint density at radius 2 is 1.88 bits per heavy atom. The molecule has 0 fully saturated rings. The number of nitrogens with zero attached hydrogens (tertiary/aromatic N) is 1. The van der Waals surface area contributed by atoms with Gasteiger partial charge in [0.15, 0.2) is 0 Å². The SMILES string of the molecule is C=C(C)CNC(=O)c1ccc(CN(C)C)cc1. The van der Waals surface area contributed by atoms with Crippen molar-refractivity contribution in [3.05, 3.63) is 47.5 Å². The van der Waals surface area contributed by atoms with Gasteiger partial charge in [0, 0.05) is 18.7 Å². The summed E-state index contributed by atoms with van der Waals surface area (Å²) in [4.78, 5) is 13.8. The average Bonchev–Trinajstić information content (AvgIpc) is 2.26. The van der Waals surface area contributed by atoms with Crippen LogP contribution < -0.4 is 5.32 Å². The zero-order chi connectivity index (χ0) is 12.8. The van der Waals surface area contributed by atoms with Crippen LogP contribution in [-0.4, -0.2) is 31.4 Å². The molecule has 0 aromatic heterocycles. The van der Waals surface area contributed by atoms with Gasteiger partial charge >= 0.3 is 0 Å². The predicted octanol–water partition coefficient (Wildman–Crippen LogP) is 2.05. The second-order valence-corrected chi connectivity index (χ2v) is 4.57. The van der Waals surface area contributed by atoms with Crippen molar-refractivity contribution < 1.29 is 4.79 Å². The highest BCUT2D eigenvalue weighted by molar-refractivity contribution is 5.94. The van der Waals surface area contributed by atoms with Crippen molar-refractivity contribution in [3.8, 4) is 0 Å². The van der Waals surface area contributed by atoms with Crippen LogP contribution >= 0.6 is 0 Å². The van der Waals surface area contributed by atoms with Crippen molar-refractivity contribution in [2.24, 2.45) is 0 Å². The van der Waals surface area contributed by atoms with Gasteiger partial charge in [0.1, 0.15) is 0 Å². The molecule has 1 aromatic rings. The molecule has 92 valence electrons. The van der Waals surface area contributed by atoms with E-state index in [0.717, 1.165) is 12.1 Å². The van der Waals surface area contributed by atoms with Crippen LogP contribution in [0.25, 0.3) is 0 Å². The quantitative estimate of drug-likeness (QED) is 0.788. The number of carbonyl (C=O) groups excluding carboxylic acids is 1. The molecule has 17 heavy (non-hydrogen) atoms. The molecule has 1 amide bonds. The summed E-state index contributed by atoms with van der Waals surface area (Å²) in [5.41, 5.74) is 2.84. The third-order valence-electron chi connectivity index (χ3n) is 2.27. The van der Waals surface area contributed by atoms with E-state index in [1.807, 2.05) is 45.3 Å². The number of hydrogen-bond acceptors (Lipinski definition) is 2. The van der Waals surface area contributed by atoms with E-state index >= 15 is 0 Å². The molecule has 0 saturated heterocycles. The van der Waals surface area contributed by atoms with Crippen LogP contribution in [0.3, 0.4) is 0 Å². The highest BCUT2D eigenvalue weighted by Gasteiger charge is 2.04. The van der Waals surface area contributed by atoms with E-state index in [0.29, 0.717) is 12.1 Å². The molecule has 0 bridgehead atoms. The third-order valence-corrected chi connectivity index (χ3v) is 2.27. The monoisotopic (exact) mass is 232 g/mol. The molecule has 0 unspecified atom stereocenters. The molecule has 3 heteroatoms. The van der Waals surface area contributed by atoms with E-state index in [1.165, 1.54) is 5.56 Å². The Bertz CT molecular complexity index is 393. The maximum Gasteiger partial charge on any atom is 0.251 e. The van der Waals surface area contributed by atoms with Gasteiger partial charge in [-0.05, 0) is 38.7 Å². The van der Waals surface area contributed by atoms with E-state index in [-0.39, 0.29) is 5.91 Å². The fourth-order valence-electron chi connectivity index (χ4n) is 1.46. The Kier molecular flexibility index (Phi) is 4.91. The molecular weight excluding hydrogens is 212 g/mol. The van der Waals surface area contributed by atoms with Crippen LogP contribution in [0.5, 0.6) is 0 Å². The molecule has 0 atom stereocenters. The van der Waals surface area contributed by atoms with Crippen LogP contribution in [0.2, 0.25) is 0 Å². The molecule has 0 aliphatic carbocycles. The Hall–Kier alpha value is -1.61. The number of nitrogens with one attached hydrogen (secondary N) is 1. The Morgan fingerprint density at radius 3 is 2.35 bits per heavy atom. The number of rotatable bonds is 5. The van der Waals surface area contributed by atoms with Crippen LogP contribution in [0.15, 0.2) is 36.4 Å². The molecular formula is C14H20N2O. The summed E-state index contributed by atoms with van der Waals surface area (Å²) < 4.78 is 0. The van der Waals surface area contributed by atoms with E-state index in [9.17, 15) is 4.79 Å². The summed E-state index contributed by atoms with van der Waals surface area (Å²) in [6.07, 6.45) is 0. The van der Waals surface area contributed by atoms with Crippen molar-refractivity contribution in [2.45, 2.75) is 13.5 Å². The van der Waals surface area contributed by atoms with Crippen molar-refractivity contribution in [3.63, 3.8) is 0 Å². The molecule has 1 aromatic carbocycles. The second kappa shape index (κ2) is 6.21. The van der Waals surface area contributed by atoms with Crippen LogP contribution in [0.1, 0.15) is 22.8 Å². The summed E-state index contributed by atoms with van der Waals surface area (Å²) in [7, 11) is 4.04. The zero-order valence-corrected chi connectivity index (χ0v) is 10.8. The molecule has 0 saturated carbocycles. The minimum absolute atomic E-state index is 0.0515. The van der Waals surface area contributed by atoms with E-state index in [2.05, 4.69) is 16.8 Å². The van der Waals surface area contributed by atoms with Gasteiger partial charge < -0.3 is 10.2 Å². The van der Waals surface area contributed by atoms with Gasteiger partial charge in [-0.15, -0.1) is 0 Å². The number of benzene rings is 1. The lowest BCUT2D eigenvalue weighted by molar-refractivity contribution is 0.0957. The summed E-state index contributed by atoms with van der Waals surface area (Å²) in [6, 6.07) is 7.67. The summed E-state index contributed by atoms with van der Waals surface area (Å²) in [6.45, 7) is 7.05. The van der Waals surface area contributed by atoms with Gasteiger partial charge in [-0.1, -0.05) is 24.3 Å². The first-order valence-electron chi connectivity index (χ1n) is 5.65.